The van der Waals surface area contributed by atoms with E-state index in [0.717, 1.165) is 0 Å². The first-order chi connectivity index (χ1) is 15.3. The van der Waals surface area contributed by atoms with E-state index in [4.69, 9.17) is 15.3 Å². The van der Waals surface area contributed by atoms with Crippen molar-refractivity contribution in [2.24, 2.45) is 21.3 Å². The summed E-state index contributed by atoms with van der Waals surface area (Å²) in [5.74, 6) is -2.42. The number of oxime groups is 1. The van der Waals surface area contributed by atoms with Crippen molar-refractivity contribution in [2.75, 3.05) is 12.9 Å². The second kappa shape index (κ2) is 9.05. The molecule has 13 heteroatoms. The van der Waals surface area contributed by atoms with Crippen LogP contribution in [0.1, 0.15) is 27.7 Å². The number of carbonyl (C=O) groups excluding carboxylic acids is 4. The van der Waals surface area contributed by atoms with Crippen molar-refractivity contribution in [1.29, 1.82) is 0 Å². The van der Waals surface area contributed by atoms with Crippen LogP contribution in [-0.4, -0.2) is 86.5 Å². The van der Waals surface area contributed by atoms with Crippen molar-refractivity contribution in [3.05, 3.63) is 21.8 Å². The number of hydrogen-bond acceptors (Lipinski definition) is 10. The number of hydrogen-bond donors (Lipinski definition) is 2. The molecule has 3 atom stereocenters. The maximum absolute atomic E-state index is 13.0. The molecule has 0 aromatic rings. The molecule has 2 amide bonds. The summed E-state index contributed by atoms with van der Waals surface area (Å²) in [5.41, 5.74) is 4.16. The number of amides is 2. The van der Waals surface area contributed by atoms with Gasteiger partial charge in [0.05, 0.1) is 5.41 Å². The van der Waals surface area contributed by atoms with Gasteiger partial charge in [-0.2, -0.15) is 0 Å². The van der Waals surface area contributed by atoms with Crippen LogP contribution in [0, 0.1) is 5.41 Å². The molecule has 0 spiro atoms. The Labute approximate surface area is 203 Å². The van der Waals surface area contributed by atoms with E-state index in [1.165, 1.54) is 36.1 Å². The average molecular weight is 542 g/mol. The van der Waals surface area contributed by atoms with Gasteiger partial charge in [-0.05, 0) is 20.8 Å². The first kappa shape index (κ1) is 25.2. The monoisotopic (exact) mass is 543 g/mol. The number of allylic oxidation sites excluding steroid dienone is 1. The van der Waals surface area contributed by atoms with Crippen molar-refractivity contribution in [2.45, 2.75) is 44.8 Å². The molecule has 178 valence electrons. The van der Waals surface area contributed by atoms with Crippen LogP contribution in [0.15, 0.2) is 32.0 Å². The normalized spacial score (nSPS) is 27.0. The van der Waals surface area contributed by atoms with Gasteiger partial charge in [-0.1, -0.05) is 0 Å². The van der Waals surface area contributed by atoms with Crippen molar-refractivity contribution in [1.82, 2.24) is 10.2 Å². The molecule has 0 bridgehead atoms. The van der Waals surface area contributed by atoms with Gasteiger partial charge in [-0.25, -0.2) is 0 Å². The fraction of sp³-hybridized carbons (Fsp3) is 0.500. The van der Waals surface area contributed by atoms with E-state index < -0.39 is 46.2 Å². The summed E-state index contributed by atoms with van der Waals surface area (Å²) in [6, 6.07) is -0.936. The molecule has 3 aliphatic heterocycles. The summed E-state index contributed by atoms with van der Waals surface area (Å²) >= 11 is 3.63. The van der Waals surface area contributed by atoms with Crippen molar-refractivity contribution in [3.63, 3.8) is 0 Å². The number of β-lactam (4-membered cyclic amide) rings is 1. The van der Waals surface area contributed by atoms with Gasteiger partial charge in [0.1, 0.15) is 0 Å². The number of rotatable bonds is 5. The third kappa shape index (κ3) is 4.77. The molecule has 11 nitrogen and oxygen atoms in total. The molecule has 0 aliphatic carbocycles. The summed E-state index contributed by atoms with van der Waals surface area (Å²) in [4.78, 5) is 60.9. The molecule has 1 unspecified atom stereocenters. The number of ether oxygens (including phenoxy) is 1. The van der Waals surface area contributed by atoms with E-state index in [-0.39, 0.29) is 11.4 Å². The zero-order chi connectivity index (χ0) is 24.7. The summed E-state index contributed by atoms with van der Waals surface area (Å²) in [6.07, 6.45) is 3.01. The number of aliphatic imine (C=N–C) groups is 1. The van der Waals surface area contributed by atoms with Gasteiger partial charge >= 0.3 is 172 Å². The number of nitrogens with one attached hydrogen (secondary N) is 1. The average Bonchev–Trinajstić information content (AvgIpc) is 3.08. The van der Waals surface area contributed by atoms with Crippen LogP contribution in [0.5, 0.6) is 0 Å². The zero-order valence-electron chi connectivity index (χ0n) is 18.7. The topological polar surface area (TPSA) is 153 Å². The summed E-state index contributed by atoms with van der Waals surface area (Å²) in [5, 5.41) is 5.78. The van der Waals surface area contributed by atoms with E-state index in [9.17, 15) is 19.2 Å². The Bertz CT molecular complexity index is 1050. The molecule has 1 saturated heterocycles. The maximum atomic E-state index is 13.0. The minimum atomic E-state index is -1.53. The first-order valence-electron chi connectivity index (χ1n) is 9.89. The number of carbonyl (C=O) groups is 4. The molecule has 0 saturated carbocycles. The van der Waals surface area contributed by atoms with E-state index in [1.807, 2.05) is 0 Å². The Morgan fingerprint density at radius 2 is 2.06 bits per heavy atom. The second-order valence-corrected chi connectivity index (χ2v) is 10.9. The molecule has 3 heterocycles. The van der Waals surface area contributed by atoms with Crippen molar-refractivity contribution >= 4 is 63.5 Å². The molecular weight excluding hydrogens is 517 g/mol. The van der Waals surface area contributed by atoms with Gasteiger partial charge in [-0.15, -0.1) is 0 Å². The molecular formula is C20H25N5O6SSe. The predicted molar refractivity (Wildman–Crippen MR) is 123 cm³/mol. The number of esters is 2. The fourth-order valence-corrected chi connectivity index (χ4v) is 5.07. The van der Waals surface area contributed by atoms with Gasteiger partial charge in [-0.3, -0.25) is 4.79 Å². The van der Waals surface area contributed by atoms with Crippen LogP contribution < -0.4 is 11.1 Å². The van der Waals surface area contributed by atoms with Gasteiger partial charge < -0.3 is 0 Å². The van der Waals surface area contributed by atoms with Crippen molar-refractivity contribution in [3.8, 4) is 0 Å². The van der Waals surface area contributed by atoms with E-state index in [2.05, 4.69) is 31.5 Å². The van der Waals surface area contributed by atoms with Gasteiger partial charge in [0, 0.05) is 0 Å². The fourth-order valence-electron chi connectivity index (χ4n) is 3.25. The van der Waals surface area contributed by atoms with Gasteiger partial charge in [0.15, 0.2) is 0 Å². The quantitative estimate of drug-likeness (QED) is 0.116. The standard InChI is InChI=1S/C20H25N5O6SSe/c1-9-8-32-16-11(15(27)25(16)12(9)17(28)31-18(29)19(2,3)4)23-14(26)13(24-30-5)20(21)6-10(33)7-22-20/h6-7,11,16,33H,8,21H2,1-5H3,(H,23,26)/t11-,16-,20?/m1/s1. The van der Waals surface area contributed by atoms with Crippen molar-refractivity contribution < 1.29 is 28.8 Å². The SMILES string of the molecule is CON=C(C(=O)N[C@@H]1C(=O)N2C(C(=O)OC(=O)C(C)(C)C)=C(C)CS[C@H]12)C1(N)C=C([SeH])C=N1. The third-order valence-corrected chi connectivity index (χ3v) is 6.93. The van der Waals surface area contributed by atoms with Crippen LogP contribution >= 0.6 is 11.8 Å². The molecule has 33 heavy (non-hydrogen) atoms. The third-order valence-electron chi connectivity index (χ3n) is 4.99. The Balaban J connectivity index is 1.77. The number of nitrogens with two attached hydrogens (primary N) is 1. The van der Waals surface area contributed by atoms with E-state index in [0.29, 0.717) is 15.8 Å². The Kier molecular flexibility index (Phi) is 6.90. The van der Waals surface area contributed by atoms with Crippen LogP contribution in [0.3, 0.4) is 0 Å². The van der Waals surface area contributed by atoms with Crippen LogP contribution in [0.25, 0.3) is 0 Å². The zero-order valence-corrected chi connectivity index (χ0v) is 21.4. The van der Waals surface area contributed by atoms with Gasteiger partial charge in [0.2, 0.25) is 0 Å². The van der Waals surface area contributed by atoms with E-state index in [1.54, 1.807) is 27.7 Å². The molecule has 0 radical (unpaired) electrons. The minimum absolute atomic E-state index is 0.0182. The number of thioether (sulfide) groups is 1. The number of nitrogens with zero attached hydrogens (tertiary/aromatic N) is 3. The first-order valence-corrected chi connectivity index (χ1v) is 11.9. The molecule has 0 aromatic carbocycles. The summed E-state index contributed by atoms with van der Waals surface area (Å²) in [6.45, 7) is 6.55. The Hall–Kier alpha value is -2.47. The summed E-state index contributed by atoms with van der Waals surface area (Å²) in [7, 11) is 1.26. The molecule has 0 aromatic heterocycles. The van der Waals surface area contributed by atoms with E-state index >= 15 is 0 Å². The van der Waals surface area contributed by atoms with Crippen LogP contribution in [-0.2, 0) is 28.8 Å². The molecule has 3 rings (SSSR count). The Morgan fingerprint density at radius 3 is 2.61 bits per heavy atom. The molecule has 1 fully saturated rings. The summed E-state index contributed by atoms with van der Waals surface area (Å²) < 4.78 is 5.68. The van der Waals surface area contributed by atoms with Gasteiger partial charge in [0.25, 0.3) is 0 Å². The molecule has 3 N–H and O–H groups in total. The molecule has 3 aliphatic rings. The number of fused-ring (bicyclic) bond motifs is 1. The van der Waals surface area contributed by atoms with Crippen LogP contribution in [0.2, 0.25) is 0 Å². The second-order valence-electron chi connectivity index (χ2n) is 8.69. The predicted octanol–water partition coefficient (Wildman–Crippen LogP) is -0.697. The Morgan fingerprint density at radius 1 is 1.39 bits per heavy atom. The van der Waals surface area contributed by atoms with Crippen LogP contribution in [0.4, 0.5) is 0 Å².